The number of rotatable bonds is 3. The molecule has 3 aliphatic rings. The molecule has 4 rings (SSSR count). The van der Waals surface area contributed by atoms with E-state index in [0.29, 0.717) is 0 Å². The Labute approximate surface area is 126 Å². The van der Waals surface area contributed by atoms with E-state index in [1.807, 2.05) is 35.2 Å². The van der Waals surface area contributed by atoms with Crippen LogP contribution in [0, 0.1) is 17.8 Å². The van der Waals surface area contributed by atoms with Gasteiger partial charge in [-0.15, -0.1) is 0 Å². The molecule has 2 unspecified atom stereocenters. The monoisotopic (exact) mass is 285 g/mol. The van der Waals surface area contributed by atoms with Crippen LogP contribution in [0.5, 0.6) is 0 Å². The summed E-state index contributed by atoms with van der Waals surface area (Å²) in [4.78, 5) is 16.5. The Morgan fingerprint density at radius 1 is 1.10 bits per heavy atom. The van der Waals surface area contributed by atoms with E-state index in [1.54, 1.807) is 0 Å². The van der Waals surface area contributed by atoms with Gasteiger partial charge in [-0.3, -0.25) is 4.79 Å². The van der Waals surface area contributed by atoms with Crippen molar-refractivity contribution in [3.8, 4) is 0 Å². The van der Waals surface area contributed by atoms with Crippen molar-refractivity contribution in [3.63, 3.8) is 0 Å². The molecule has 3 nitrogen and oxygen atoms in total. The van der Waals surface area contributed by atoms with Crippen LogP contribution in [0.15, 0.2) is 30.3 Å². The molecule has 1 N–H and O–H groups in total. The zero-order valence-electron chi connectivity index (χ0n) is 12.6. The van der Waals surface area contributed by atoms with Crippen molar-refractivity contribution in [2.45, 2.75) is 19.3 Å². The molecule has 1 aromatic carbocycles. The van der Waals surface area contributed by atoms with Crippen LogP contribution >= 0.6 is 0 Å². The molecular formula is C18H25N2O+. The van der Waals surface area contributed by atoms with Crippen molar-refractivity contribution < 1.29 is 9.69 Å². The van der Waals surface area contributed by atoms with Crippen molar-refractivity contribution in [1.82, 2.24) is 4.90 Å². The van der Waals surface area contributed by atoms with Gasteiger partial charge in [-0.25, -0.2) is 0 Å². The fourth-order valence-corrected chi connectivity index (χ4v) is 4.34. The van der Waals surface area contributed by atoms with E-state index in [1.165, 1.54) is 38.9 Å². The summed E-state index contributed by atoms with van der Waals surface area (Å²) in [7, 11) is 0. The van der Waals surface area contributed by atoms with Gasteiger partial charge in [0.2, 0.25) is 0 Å². The number of nitrogens with one attached hydrogen (secondary N) is 1. The van der Waals surface area contributed by atoms with Crippen molar-refractivity contribution >= 4 is 5.91 Å². The van der Waals surface area contributed by atoms with E-state index in [9.17, 15) is 4.79 Å². The number of hydrogen-bond donors (Lipinski definition) is 1. The van der Waals surface area contributed by atoms with Crippen molar-refractivity contribution in [1.29, 1.82) is 0 Å². The number of fused-ring (bicyclic) bond motifs is 2. The van der Waals surface area contributed by atoms with Crippen LogP contribution < -0.4 is 4.90 Å². The Hall–Kier alpha value is -1.35. The highest BCUT2D eigenvalue weighted by atomic mass is 16.2. The first-order valence-corrected chi connectivity index (χ1v) is 8.46. The van der Waals surface area contributed by atoms with Gasteiger partial charge in [-0.05, 0) is 31.4 Å². The van der Waals surface area contributed by atoms with E-state index in [2.05, 4.69) is 4.90 Å². The molecule has 2 heterocycles. The van der Waals surface area contributed by atoms with Crippen LogP contribution in [0.3, 0.4) is 0 Å². The SMILES string of the molecule is O=C(c1ccccc1)N1CC2CC(C1)C[NH+](CC1CC1)C2. The first kappa shape index (κ1) is 13.3. The molecule has 1 aromatic rings. The number of carbonyl (C=O) groups is 1. The van der Waals surface area contributed by atoms with E-state index in [4.69, 9.17) is 0 Å². The van der Waals surface area contributed by atoms with Crippen molar-refractivity contribution in [2.75, 3.05) is 32.7 Å². The predicted octanol–water partition coefficient (Wildman–Crippen LogP) is 1.07. The molecule has 2 saturated heterocycles. The minimum atomic E-state index is 0.232. The number of quaternary nitrogens is 1. The molecule has 1 saturated carbocycles. The van der Waals surface area contributed by atoms with Crippen LogP contribution in [-0.4, -0.2) is 43.5 Å². The lowest BCUT2D eigenvalue weighted by molar-refractivity contribution is -0.915. The number of hydrogen-bond acceptors (Lipinski definition) is 1. The van der Waals surface area contributed by atoms with Crippen molar-refractivity contribution in [3.05, 3.63) is 35.9 Å². The second-order valence-electron chi connectivity index (χ2n) is 7.35. The van der Waals surface area contributed by atoms with Crippen LogP contribution in [0.25, 0.3) is 0 Å². The first-order chi connectivity index (χ1) is 10.3. The molecule has 1 amide bonds. The normalized spacial score (nSPS) is 32.0. The predicted molar refractivity (Wildman–Crippen MR) is 82.2 cm³/mol. The number of piperidine rings is 2. The highest BCUT2D eigenvalue weighted by Crippen LogP contribution is 2.28. The minimum absolute atomic E-state index is 0.232. The third-order valence-electron chi connectivity index (χ3n) is 5.36. The number of nitrogens with zero attached hydrogens (tertiary/aromatic N) is 1. The summed E-state index contributed by atoms with van der Waals surface area (Å²) in [5.41, 5.74) is 0.847. The lowest BCUT2D eigenvalue weighted by Crippen LogP contribution is -3.15. The molecule has 2 atom stereocenters. The van der Waals surface area contributed by atoms with Crippen LogP contribution in [0.1, 0.15) is 29.6 Å². The maximum atomic E-state index is 12.6. The summed E-state index contributed by atoms with van der Waals surface area (Å²) in [5.74, 6) is 2.69. The molecular weight excluding hydrogens is 260 g/mol. The maximum absolute atomic E-state index is 12.6. The molecule has 3 fully saturated rings. The van der Waals surface area contributed by atoms with Crippen LogP contribution in [0.4, 0.5) is 0 Å². The van der Waals surface area contributed by atoms with Gasteiger partial charge in [0.05, 0.1) is 19.6 Å². The molecule has 2 bridgehead atoms. The van der Waals surface area contributed by atoms with Gasteiger partial charge in [-0.2, -0.15) is 0 Å². The van der Waals surface area contributed by atoms with E-state index in [0.717, 1.165) is 36.4 Å². The lowest BCUT2D eigenvalue weighted by atomic mass is 9.84. The van der Waals surface area contributed by atoms with Gasteiger partial charge >= 0.3 is 0 Å². The Bertz CT molecular complexity index is 497. The van der Waals surface area contributed by atoms with Gasteiger partial charge in [0.1, 0.15) is 0 Å². The topological polar surface area (TPSA) is 24.8 Å². The van der Waals surface area contributed by atoms with Gasteiger partial charge in [0.15, 0.2) is 0 Å². The molecule has 1 aliphatic carbocycles. The molecule has 21 heavy (non-hydrogen) atoms. The molecule has 0 aromatic heterocycles. The summed E-state index contributed by atoms with van der Waals surface area (Å²) in [5, 5.41) is 0. The zero-order chi connectivity index (χ0) is 14.2. The third kappa shape index (κ3) is 2.98. The maximum Gasteiger partial charge on any atom is 0.253 e. The number of likely N-dealkylation sites (tertiary alicyclic amines) is 2. The zero-order valence-corrected chi connectivity index (χ0v) is 12.6. The van der Waals surface area contributed by atoms with E-state index in [-0.39, 0.29) is 5.91 Å². The fraction of sp³-hybridized carbons (Fsp3) is 0.611. The largest absolute Gasteiger partial charge is 0.338 e. The second kappa shape index (κ2) is 5.45. The number of amides is 1. The van der Waals surface area contributed by atoms with Crippen molar-refractivity contribution in [2.24, 2.45) is 17.8 Å². The standard InChI is InChI=1S/C18H24N2O/c21-18(17-4-2-1-3-5-17)20-12-15-8-16(13-20)11-19(10-15)9-14-6-7-14/h1-5,14-16H,6-13H2/p+1. The van der Waals surface area contributed by atoms with E-state index < -0.39 is 0 Å². The van der Waals surface area contributed by atoms with Gasteiger partial charge in [0, 0.05) is 36.4 Å². The smallest absolute Gasteiger partial charge is 0.253 e. The molecule has 3 heteroatoms. The third-order valence-corrected chi connectivity index (χ3v) is 5.36. The average Bonchev–Trinajstić information content (AvgIpc) is 3.30. The second-order valence-corrected chi connectivity index (χ2v) is 7.35. The molecule has 0 spiro atoms. The highest BCUT2D eigenvalue weighted by Gasteiger charge is 2.40. The summed E-state index contributed by atoms with van der Waals surface area (Å²) in [6.45, 7) is 5.90. The Morgan fingerprint density at radius 2 is 1.76 bits per heavy atom. The first-order valence-electron chi connectivity index (χ1n) is 8.46. The summed E-state index contributed by atoms with van der Waals surface area (Å²) < 4.78 is 0. The summed E-state index contributed by atoms with van der Waals surface area (Å²) in [6, 6.07) is 9.77. The minimum Gasteiger partial charge on any atom is -0.338 e. The Kier molecular flexibility index (Phi) is 3.46. The molecule has 0 radical (unpaired) electrons. The Balaban J connectivity index is 1.41. The Morgan fingerprint density at radius 3 is 2.38 bits per heavy atom. The number of carbonyl (C=O) groups excluding carboxylic acids is 1. The quantitative estimate of drug-likeness (QED) is 0.883. The molecule has 2 aliphatic heterocycles. The van der Waals surface area contributed by atoms with Gasteiger partial charge in [0.25, 0.3) is 5.91 Å². The lowest BCUT2D eigenvalue weighted by Gasteiger charge is -2.43. The fourth-order valence-electron chi connectivity index (χ4n) is 4.34. The van der Waals surface area contributed by atoms with Gasteiger partial charge in [-0.1, -0.05) is 18.2 Å². The van der Waals surface area contributed by atoms with Crippen LogP contribution in [-0.2, 0) is 0 Å². The van der Waals surface area contributed by atoms with Gasteiger partial charge < -0.3 is 9.80 Å². The highest BCUT2D eigenvalue weighted by molar-refractivity contribution is 5.94. The summed E-state index contributed by atoms with van der Waals surface area (Å²) >= 11 is 0. The number of benzene rings is 1. The summed E-state index contributed by atoms with van der Waals surface area (Å²) in [6.07, 6.45) is 4.25. The van der Waals surface area contributed by atoms with Crippen LogP contribution in [0.2, 0.25) is 0 Å². The van der Waals surface area contributed by atoms with E-state index >= 15 is 0 Å². The average molecular weight is 285 g/mol. The molecule has 112 valence electrons.